The van der Waals surface area contributed by atoms with Crippen LogP contribution in [0.15, 0.2) is 29.3 Å². The van der Waals surface area contributed by atoms with Gasteiger partial charge in [0.2, 0.25) is 0 Å². The summed E-state index contributed by atoms with van der Waals surface area (Å²) in [6.07, 6.45) is 8.99. The van der Waals surface area contributed by atoms with Gasteiger partial charge in [-0.2, -0.15) is 0 Å². The summed E-state index contributed by atoms with van der Waals surface area (Å²) in [5, 5.41) is 7.08. The molecule has 2 fully saturated rings. The molecule has 5 nitrogen and oxygen atoms in total. The average Bonchev–Trinajstić information content (AvgIpc) is 3.36. The maximum atomic E-state index is 5.20. The Kier molecular flexibility index (Phi) is 7.18. The predicted octanol–water partition coefficient (Wildman–Crippen LogP) is 2.81. The highest BCUT2D eigenvalue weighted by molar-refractivity contribution is 5.80. The van der Waals surface area contributed by atoms with Crippen molar-refractivity contribution >= 4 is 5.96 Å². The fourth-order valence-corrected chi connectivity index (χ4v) is 4.19. The molecule has 1 unspecified atom stereocenters. The molecule has 0 spiro atoms. The molecule has 0 aromatic heterocycles. The van der Waals surface area contributed by atoms with Crippen LogP contribution in [0, 0.1) is 0 Å². The monoisotopic (exact) mass is 358 g/mol. The SMILES string of the molecule is CN=C(NCCCc1ccc(OC)cc1)NC1CCN(C2CCCC2)C1. The average molecular weight is 359 g/mol. The summed E-state index contributed by atoms with van der Waals surface area (Å²) < 4.78 is 5.20. The molecule has 1 aliphatic carbocycles. The van der Waals surface area contributed by atoms with E-state index in [-0.39, 0.29) is 0 Å². The highest BCUT2D eigenvalue weighted by Crippen LogP contribution is 2.26. The highest BCUT2D eigenvalue weighted by Gasteiger charge is 2.30. The number of likely N-dealkylation sites (tertiary alicyclic amines) is 1. The zero-order valence-corrected chi connectivity index (χ0v) is 16.3. The van der Waals surface area contributed by atoms with Crippen molar-refractivity contribution in [2.75, 3.05) is 33.8 Å². The van der Waals surface area contributed by atoms with Crippen LogP contribution in [0.25, 0.3) is 0 Å². The summed E-state index contributed by atoms with van der Waals surface area (Å²) in [6, 6.07) is 9.70. The van der Waals surface area contributed by atoms with E-state index >= 15 is 0 Å². The van der Waals surface area contributed by atoms with E-state index in [4.69, 9.17) is 4.74 Å². The predicted molar refractivity (Wildman–Crippen MR) is 108 cm³/mol. The van der Waals surface area contributed by atoms with Crippen molar-refractivity contribution in [1.82, 2.24) is 15.5 Å². The third-order valence-electron chi connectivity index (χ3n) is 5.72. The highest BCUT2D eigenvalue weighted by atomic mass is 16.5. The number of nitrogens with one attached hydrogen (secondary N) is 2. The quantitative estimate of drug-likeness (QED) is 0.447. The van der Waals surface area contributed by atoms with E-state index in [1.54, 1.807) is 7.11 Å². The second-order valence-electron chi connectivity index (χ2n) is 7.51. The minimum Gasteiger partial charge on any atom is -0.497 e. The van der Waals surface area contributed by atoms with Crippen LogP contribution in [0.5, 0.6) is 5.75 Å². The molecule has 1 aromatic rings. The summed E-state index contributed by atoms with van der Waals surface area (Å²) in [6.45, 7) is 3.33. The molecule has 1 heterocycles. The molecule has 0 bridgehead atoms. The van der Waals surface area contributed by atoms with Gasteiger partial charge >= 0.3 is 0 Å². The first-order valence-corrected chi connectivity index (χ1v) is 10.1. The van der Waals surface area contributed by atoms with Gasteiger partial charge in [0.15, 0.2) is 5.96 Å². The molecular weight excluding hydrogens is 324 g/mol. The first-order chi connectivity index (χ1) is 12.8. The second-order valence-corrected chi connectivity index (χ2v) is 7.51. The first-order valence-electron chi connectivity index (χ1n) is 10.1. The zero-order valence-electron chi connectivity index (χ0n) is 16.3. The summed E-state index contributed by atoms with van der Waals surface area (Å²) in [5.41, 5.74) is 1.35. The fourth-order valence-electron chi connectivity index (χ4n) is 4.19. The molecule has 0 amide bonds. The number of aryl methyl sites for hydroxylation is 1. The van der Waals surface area contributed by atoms with Crippen LogP contribution in [0.2, 0.25) is 0 Å². The van der Waals surface area contributed by atoms with Crippen LogP contribution in [0.3, 0.4) is 0 Å². The van der Waals surface area contributed by atoms with Gasteiger partial charge in [-0.1, -0.05) is 25.0 Å². The summed E-state index contributed by atoms with van der Waals surface area (Å²) >= 11 is 0. The first kappa shape index (κ1) is 19.0. The Hall–Kier alpha value is -1.75. The van der Waals surface area contributed by atoms with Gasteiger partial charge in [0.05, 0.1) is 7.11 Å². The number of hydrogen-bond acceptors (Lipinski definition) is 3. The number of rotatable bonds is 7. The molecule has 5 heteroatoms. The van der Waals surface area contributed by atoms with Crippen molar-refractivity contribution in [2.24, 2.45) is 4.99 Å². The fraction of sp³-hybridized carbons (Fsp3) is 0.667. The van der Waals surface area contributed by atoms with E-state index < -0.39 is 0 Å². The van der Waals surface area contributed by atoms with Gasteiger partial charge in [-0.25, -0.2) is 0 Å². The van der Waals surface area contributed by atoms with E-state index in [1.165, 1.54) is 44.2 Å². The summed E-state index contributed by atoms with van der Waals surface area (Å²) in [4.78, 5) is 7.08. The van der Waals surface area contributed by atoms with Crippen molar-refractivity contribution in [3.05, 3.63) is 29.8 Å². The van der Waals surface area contributed by atoms with Gasteiger partial charge in [0.1, 0.15) is 5.75 Å². The van der Waals surface area contributed by atoms with E-state index in [0.29, 0.717) is 6.04 Å². The third kappa shape index (κ3) is 5.37. The van der Waals surface area contributed by atoms with Gasteiger partial charge in [-0.3, -0.25) is 9.89 Å². The lowest BCUT2D eigenvalue weighted by Crippen LogP contribution is -2.45. The minimum absolute atomic E-state index is 0.531. The minimum atomic E-state index is 0.531. The van der Waals surface area contributed by atoms with Crippen LogP contribution >= 0.6 is 0 Å². The van der Waals surface area contributed by atoms with Gasteiger partial charge in [-0.05, 0) is 49.8 Å². The Labute approximate surface area is 158 Å². The van der Waals surface area contributed by atoms with Crippen LogP contribution in [-0.2, 0) is 6.42 Å². The van der Waals surface area contributed by atoms with Crippen LogP contribution in [0.4, 0.5) is 0 Å². The smallest absolute Gasteiger partial charge is 0.191 e. The van der Waals surface area contributed by atoms with Crippen molar-refractivity contribution < 1.29 is 4.74 Å². The van der Waals surface area contributed by atoms with Crippen LogP contribution in [-0.4, -0.2) is 56.7 Å². The molecule has 1 aliphatic heterocycles. The lowest BCUT2D eigenvalue weighted by atomic mass is 10.1. The van der Waals surface area contributed by atoms with Gasteiger partial charge in [0.25, 0.3) is 0 Å². The molecule has 1 saturated carbocycles. The number of benzene rings is 1. The lowest BCUT2D eigenvalue weighted by Gasteiger charge is -2.24. The number of methoxy groups -OCH3 is 1. The molecule has 26 heavy (non-hydrogen) atoms. The van der Waals surface area contributed by atoms with Crippen molar-refractivity contribution in [3.8, 4) is 5.75 Å². The standard InChI is InChI=1S/C21H34N4O/c1-22-21(23-14-5-6-17-9-11-20(26-2)12-10-17)24-18-13-15-25(16-18)19-7-3-4-8-19/h9-12,18-19H,3-8,13-16H2,1-2H3,(H2,22,23,24). The Bertz CT molecular complexity index is 566. The molecule has 2 aliphatic rings. The normalized spacial score (nSPS) is 21.9. The van der Waals surface area contributed by atoms with Gasteiger partial charge in [-0.15, -0.1) is 0 Å². The van der Waals surface area contributed by atoms with E-state index in [0.717, 1.165) is 43.7 Å². The van der Waals surface area contributed by atoms with Gasteiger partial charge < -0.3 is 15.4 Å². The Morgan fingerprint density at radius 3 is 2.65 bits per heavy atom. The summed E-state index contributed by atoms with van der Waals surface area (Å²) in [5.74, 6) is 1.86. The maximum absolute atomic E-state index is 5.20. The van der Waals surface area contributed by atoms with Gasteiger partial charge in [0, 0.05) is 38.8 Å². The third-order valence-corrected chi connectivity index (χ3v) is 5.72. The number of ether oxygens (including phenoxy) is 1. The van der Waals surface area contributed by atoms with E-state index in [2.05, 4.69) is 32.7 Å². The molecule has 3 rings (SSSR count). The molecule has 2 N–H and O–H groups in total. The largest absolute Gasteiger partial charge is 0.497 e. The number of guanidine groups is 1. The molecule has 1 atom stereocenters. The number of nitrogens with zero attached hydrogens (tertiary/aromatic N) is 2. The molecular formula is C21H34N4O. The van der Waals surface area contributed by atoms with Crippen molar-refractivity contribution in [3.63, 3.8) is 0 Å². The molecule has 1 aromatic carbocycles. The summed E-state index contributed by atoms with van der Waals surface area (Å²) in [7, 11) is 3.57. The lowest BCUT2D eigenvalue weighted by molar-refractivity contribution is 0.242. The number of hydrogen-bond donors (Lipinski definition) is 2. The Balaban J connectivity index is 1.34. The van der Waals surface area contributed by atoms with E-state index in [9.17, 15) is 0 Å². The Morgan fingerprint density at radius 2 is 1.96 bits per heavy atom. The van der Waals surface area contributed by atoms with E-state index in [1.807, 2.05) is 19.2 Å². The van der Waals surface area contributed by atoms with Crippen molar-refractivity contribution in [2.45, 2.75) is 57.0 Å². The molecule has 144 valence electrons. The topological polar surface area (TPSA) is 48.9 Å². The van der Waals surface area contributed by atoms with Crippen molar-refractivity contribution in [1.29, 1.82) is 0 Å². The molecule has 1 saturated heterocycles. The zero-order chi connectivity index (χ0) is 18.2. The number of aliphatic imine (C=N–C) groups is 1. The Morgan fingerprint density at radius 1 is 1.19 bits per heavy atom. The van der Waals surface area contributed by atoms with Crippen LogP contribution in [0.1, 0.15) is 44.1 Å². The van der Waals surface area contributed by atoms with Crippen LogP contribution < -0.4 is 15.4 Å². The maximum Gasteiger partial charge on any atom is 0.191 e. The second kappa shape index (κ2) is 9.81. The molecule has 0 radical (unpaired) electrons.